The number of hydrogen-bond donors (Lipinski definition) is 0. The molecule has 0 saturated carbocycles. The molecular weight excluding hydrogens is 260 g/mol. The molecular formula is C15H21ClN2O. The SMILES string of the molecule is CCn1nc(C)c(Cl)c1CC(=O)CC1=CCCCC1. The zero-order chi connectivity index (χ0) is 13.8. The van der Waals surface area contributed by atoms with Crippen LogP contribution in [0.5, 0.6) is 0 Å². The van der Waals surface area contributed by atoms with Crippen LogP contribution in [0, 0.1) is 6.92 Å². The smallest absolute Gasteiger partial charge is 0.142 e. The molecule has 0 N–H and O–H groups in total. The van der Waals surface area contributed by atoms with Gasteiger partial charge in [0.25, 0.3) is 0 Å². The van der Waals surface area contributed by atoms with E-state index in [2.05, 4.69) is 11.2 Å². The van der Waals surface area contributed by atoms with Gasteiger partial charge in [-0.1, -0.05) is 23.3 Å². The summed E-state index contributed by atoms with van der Waals surface area (Å²) in [6.07, 6.45) is 7.86. The number of halogens is 1. The fourth-order valence-electron chi connectivity index (χ4n) is 2.61. The standard InChI is InChI=1S/C15H21ClN2O/c1-3-18-14(15(16)11(2)17-18)10-13(19)9-12-7-5-4-6-8-12/h7H,3-6,8-10H2,1-2H3. The quantitative estimate of drug-likeness (QED) is 0.768. The molecule has 1 aromatic rings. The number of aromatic nitrogens is 2. The number of Topliss-reactive ketones (excluding diaryl/α,β-unsaturated/α-hetero) is 1. The highest BCUT2D eigenvalue weighted by molar-refractivity contribution is 6.32. The first-order valence-electron chi connectivity index (χ1n) is 7.03. The number of allylic oxidation sites excluding steroid dienone is 2. The summed E-state index contributed by atoms with van der Waals surface area (Å²) < 4.78 is 1.84. The van der Waals surface area contributed by atoms with Crippen molar-refractivity contribution in [3.05, 3.63) is 28.1 Å². The predicted octanol–water partition coefficient (Wildman–Crippen LogP) is 3.87. The Morgan fingerprint density at radius 3 is 2.84 bits per heavy atom. The summed E-state index contributed by atoms with van der Waals surface area (Å²) in [5.74, 6) is 0.240. The Kier molecular flexibility index (Phi) is 4.81. The molecule has 1 heterocycles. The summed E-state index contributed by atoms with van der Waals surface area (Å²) in [4.78, 5) is 12.2. The fraction of sp³-hybridized carbons (Fsp3) is 0.600. The van der Waals surface area contributed by atoms with Crippen LogP contribution in [0.2, 0.25) is 5.02 Å². The van der Waals surface area contributed by atoms with Crippen molar-refractivity contribution in [2.45, 2.75) is 58.9 Å². The van der Waals surface area contributed by atoms with Gasteiger partial charge in [0.15, 0.2) is 0 Å². The second kappa shape index (κ2) is 6.38. The van der Waals surface area contributed by atoms with Crippen LogP contribution in [-0.2, 0) is 17.8 Å². The molecule has 0 fully saturated rings. The van der Waals surface area contributed by atoms with Crippen molar-refractivity contribution in [2.75, 3.05) is 0 Å². The molecule has 0 bridgehead atoms. The van der Waals surface area contributed by atoms with Crippen molar-refractivity contribution in [2.24, 2.45) is 0 Å². The van der Waals surface area contributed by atoms with Gasteiger partial charge >= 0.3 is 0 Å². The molecule has 19 heavy (non-hydrogen) atoms. The summed E-state index contributed by atoms with van der Waals surface area (Å²) in [6.45, 7) is 4.64. The van der Waals surface area contributed by atoms with E-state index in [1.54, 1.807) is 0 Å². The maximum atomic E-state index is 12.2. The van der Waals surface area contributed by atoms with E-state index in [0.717, 1.165) is 30.8 Å². The van der Waals surface area contributed by atoms with E-state index in [1.165, 1.54) is 18.4 Å². The maximum absolute atomic E-state index is 12.2. The van der Waals surface area contributed by atoms with Crippen LogP contribution in [0.1, 0.15) is 50.4 Å². The van der Waals surface area contributed by atoms with Gasteiger partial charge in [0.1, 0.15) is 5.78 Å². The topological polar surface area (TPSA) is 34.9 Å². The van der Waals surface area contributed by atoms with Gasteiger partial charge in [0.05, 0.1) is 22.8 Å². The Balaban J connectivity index is 2.04. The third-order valence-electron chi connectivity index (χ3n) is 3.63. The van der Waals surface area contributed by atoms with E-state index < -0.39 is 0 Å². The molecule has 104 valence electrons. The van der Waals surface area contributed by atoms with E-state index in [-0.39, 0.29) is 5.78 Å². The minimum absolute atomic E-state index is 0.240. The van der Waals surface area contributed by atoms with Gasteiger partial charge in [-0.2, -0.15) is 5.10 Å². The second-order valence-electron chi connectivity index (χ2n) is 5.16. The fourth-order valence-corrected chi connectivity index (χ4v) is 2.81. The summed E-state index contributed by atoms with van der Waals surface area (Å²) in [6, 6.07) is 0. The number of carbonyl (C=O) groups is 1. The largest absolute Gasteiger partial charge is 0.299 e. The van der Waals surface area contributed by atoms with Crippen molar-refractivity contribution >= 4 is 17.4 Å². The Bertz CT molecular complexity index is 502. The summed E-state index contributed by atoms with van der Waals surface area (Å²) in [5.41, 5.74) is 2.97. The van der Waals surface area contributed by atoms with Crippen molar-refractivity contribution in [1.29, 1.82) is 0 Å². The van der Waals surface area contributed by atoms with Gasteiger partial charge < -0.3 is 0 Å². The lowest BCUT2D eigenvalue weighted by Gasteiger charge is -2.12. The molecule has 0 saturated heterocycles. The van der Waals surface area contributed by atoms with Gasteiger partial charge in [-0.3, -0.25) is 9.48 Å². The molecule has 4 heteroatoms. The number of hydrogen-bond acceptors (Lipinski definition) is 2. The van der Waals surface area contributed by atoms with E-state index in [0.29, 0.717) is 17.9 Å². The molecule has 0 radical (unpaired) electrons. The first-order chi connectivity index (χ1) is 9.11. The molecule has 0 atom stereocenters. The first-order valence-corrected chi connectivity index (χ1v) is 7.41. The van der Waals surface area contributed by atoms with Crippen LogP contribution in [0.15, 0.2) is 11.6 Å². The highest BCUT2D eigenvalue weighted by Gasteiger charge is 2.17. The van der Waals surface area contributed by atoms with Gasteiger partial charge in [-0.05, 0) is 39.5 Å². The van der Waals surface area contributed by atoms with Gasteiger partial charge in [0, 0.05) is 13.0 Å². The molecule has 1 aliphatic rings. The van der Waals surface area contributed by atoms with E-state index in [4.69, 9.17) is 11.6 Å². The molecule has 3 nitrogen and oxygen atoms in total. The van der Waals surface area contributed by atoms with Crippen molar-refractivity contribution in [3.63, 3.8) is 0 Å². The van der Waals surface area contributed by atoms with Crippen LogP contribution in [0.25, 0.3) is 0 Å². The number of nitrogens with zero attached hydrogens (tertiary/aromatic N) is 2. The number of ketones is 1. The average Bonchev–Trinajstić information content (AvgIpc) is 2.67. The summed E-state index contributed by atoms with van der Waals surface area (Å²) >= 11 is 6.23. The third-order valence-corrected chi connectivity index (χ3v) is 4.12. The average molecular weight is 281 g/mol. The second-order valence-corrected chi connectivity index (χ2v) is 5.54. The number of rotatable bonds is 5. The molecule has 2 rings (SSSR count). The third kappa shape index (κ3) is 3.47. The Morgan fingerprint density at radius 1 is 1.42 bits per heavy atom. The zero-order valence-corrected chi connectivity index (χ0v) is 12.5. The molecule has 0 amide bonds. The van der Waals surface area contributed by atoms with E-state index in [1.807, 2.05) is 18.5 Å². The molecule has 0 unspecified atom stereocenters. The highest BCUT2D eigenvalue weighted by Crippen LogP contribution is 2.24. The van der Waals surface area contributed by atoms with E-state index in [9.17, 15) is 4.79 Å². The summed E-state index contributed by atoms with van der Waals surface area (Å²) in [5, 5.41) is 4.99. The molecule has 0 spiro atoms. The van der Waals surface area contributed by atoms with Crippen LogP contribution < -0.4 is 0 Å². The zero-order valence-electron chi connectivity index (χ0n) is 11.7. The lowest BCUT2D eigenvalue weighted by molar-refractivity contribution is -0.117. The predicted molar refractivity (Wildman–Crippen MR) is 77.5 cm³/mol. The van der Waals surface area contributed by atoms with Crippen molar-refractivity contribution < 1.29 is 4.79 Å². The Hall–Kier alpha value is -1.09. The van der Waals surface area contributed by atoms with E-state index >= 15 is 0 Å². The minimum Gasteiger partial charge on any atom is -0.299 e. The molecule has 0 aliphatic heterocycles. The van der Waals surface area contributed by atoms with Crippen LogP contribution >= 0.6 is 11.6 Å². The summed E-state index contributed by atoms with van der Waals surface area (Å²) in [7, 11) is 0. The van der Waals surface area contributed by atoms with Crippen molar-refractivity contribution in [1.82, 2.24) is 9.78 Å². The lowest BCUT2D eigenvalue weighted by atomic mass is 9.94. The number of aryl methyl sites for hydroxylation is 2. The molecule has 1 aliphatic carbocycles. The normalized spacial score (nSPS) is 15.4. The Labute approximate surface area is 119 Å². The van der Waals surface area contributed by atoms with Crippen molar-refractivity contribution in [3.8, 4) is 0 Å². The first kappa shape index (κ1) is 14.3. The number of carbonyl (C=O) groups excluding carboxylic acids is 1. The van der Waals surface area contributed by atoms with Gasteiger partial charge in [-0.25, -0.2) is 0 Å². The Morgan fingerprint density at radius 2 is 2.21 bits per heavy atom. The molecule has 0 aromatic carbocycles. The van der Waals surface area contributed by atoms with Crippen LogP contribution in [0.3, 0.4) is 0 Å². The van der Waals surface area contributed by atoms with Crippen LogP contribution in [0.4, 0.5) is 0 Å². The lowest BCUT2D eigenvalue weighted by Crippen LogP contribution is -2.11. The van der Waals surface area contributed by atoms with Crippen LogP contribution in [-0.4, -0.2) is 15.6 Å². The van der Waals surface area contributed by atoms with Gasteiger partial charge in [0.2, 0.25) is 0 Å². The molecule has 1 aromatic heterocycles. The monoisotopic (exact) mass is 280 g/mol. The maximum Gasteiger partial charge on any atom is 0.142 e. The highest BCUT2D eigenvalue weighted by atomic mass is 35.5. The van der Waals surface area contributed by atoms with Gasteiger partial charge in [-0.15, -0.1) is 0 Å². The minimum atomic E-state index is 0.240.